The normalized spacial score (nSPS) is 21.5. The maximum atomic E-state index is 10.4. The number of aliphatic hydroxyl groups is 10. The lowest BCUT2D eigenvalue weighted by Gasteiger charge is -2.31. The highest BCUT2D eigenvalue weighted by molar-refractivity contribution is 5.74. The molecule has 0 aromatic heterocycles. The molecule has 0 aromatic rings. The molecule has 0 radical (unpaired) electrons. The molecule has 0 aliphatic rings. The maximum Gasteiger partial charge on any atom is 0.181 e. The first-order chi connectivity index (χ1) is 12.0. The first-order valence-electron chi connectivity index (χ1n) is 7.05. The zero-order valence-electron chi connectivity index (χ0n) is 13.4. The van der Waals surface area contributed by atoms with Crippen molar-refractivity contribution in [2.75, 3.05) is 13.2 Å². The third-order valence-electron chi connectivity index (χ3n) is 3.24. The average molecular weight is 388 g/mol. The number of rotatable bonds is 11. The van der Waals surface area contributed by atoms with E-state index in [9.17, 15) is 19.5 Å². The summed E-state index contributed by atoms with van der Waals surface area (Å²) in [5, 5.41) is 88.1. The topological polar surface area (TPSA) is 254 Å². The van der Waals surface area contributed by atoms with Crippen molar-refractivity contribution in [2.24, 2.45) is 0 Å². The second-order valence-electron chi connectivity index (χ2n) is 5.14. The molecule has 10 N–H and O–H groups in total. The zero-order chi connectivity index (χ0) is 21.1. The van der Waals surface area contributed by atoms with E-state index in [2.05, 4.69) is 0 Å². The molecule has 0 saturated heterocycles. The van der Waals surface area contributed by atoms with Crippen LogP contribution in [0.5, 0.6) is 0 Å². The van der Waals surface area contributed by atoms with Gasteiger partial charge in [-0.15, -0.1) is 0 Å². The summed E-state index contributed by atoms with van der Waals surface area (Å²) >= 11 is 0. The lowest BCUT2D eigenvalue weighted by Crippen LogP contribution is -2.59. The van der Waals surface area contributed by atoms with Crippen molar-refractivity contribution in [1.29, 1.82) is 0 Å². The van der Waals surface area contributed by atoms with Crippen molar-refractivity contribution in [3.05, 3.63) is 0 Å². The van der Waals surface area contributed by atoms with E-state index < -0.39 is 61.5 Å². The van der Waals surface area contributed by atoms with E-state index in [-0.39, 0.29) is 18.9 Å². The molecular formula is C13H24O13. The van der Waals surface area contributed by atoms with E-state index in [1.54, 1.807) is 0 Å². The molecule has 0 aromatic carbocycles. The number of aliphatic hydroxyl groups excluding tert-OH is 9. The fourth-order valence-corrected chi connectivity index (χ4v) is 1.45. The van der Waals surface area contributed by atoms with Crippen LogP contribution in [0.2, 0.25) is 0 Å². The smallest absolute Gasteiger partial charge is 0.181 e. The van der Waals surface area contributed by atoms with E-state index in [1.165, 1.54) is 0 Å². The van der Waals surface area contributed by atoms with Crippen molar-refractivity contribution in [3.8, 4) is 0 Å². The maximum absolute atomic E-state index is 10.4. The molecule has 154 valence electrons. The lowest BCUT2D eigenvalue weighted by atomic mass is 9.89. The van der Waals surface area contributed by atoms with Gasteiger partial charge in [-0.3, -0.25) is 4.79 Å². The number of hydrogen-bond donors (Lipinski definition) is 10. The SMILES string of the molecule is O=CC(O)C(O)(C=O)C(O)C(O)CO.O=CC(O)C(O)C(O)C(O)CO. The third kappa shape index (κ3) is 7.46. The third-order valence-corrected chi connectivity index (χ3v) is 3.24. The predicted octanol–water partition coefficient (Wildman–Crippen LogP) is -7.19. The summed E-state index contributed by atoms with van der Waals surface area (Å²) in [6.45, 7) is -1.69. The van der Waals surface area contributed by atoms with Gasteiger partial charge in [0.2, 0.25) is 0 Å². The summed E-state index contributed by atoms with van der Waals surface area (Å²) in [6.07, 6.45) is -13.4. The summed E-state index contributed by atoms with van der Waals surface area (Å²) in [5.41, 5.74) is -2.82. The Balaban J connectivity index is 0. The summed E-state index contributed by atoms with van der Waals surface area (Å²) in [4.78, 5) is 30.4. The van der Waals surface area contributed by atoms with Crippen LogP contribution in [0.4, 0.5) is 0 Å². The van der Waals surface area contributed by atoms with Crippen LogP contribution in [-0.4, -0.2) is 131 Å². The molecule has 13 heteroatoms. The number of hydrogen-bond acceptors (Lipinski definition) is 13. The van der Waals surface area contributed by atoms with E-state index in [1.807, 2.05) is 0 Å². The molecule has 26 heavy (non-hydrogen) atoms. The van der Waals surface area contributed by atoms with Gasteiger partial charge in [0.25, 0.3) is 0 Å². The molecule has 0 fully saturated rings. The quantitative estimate of drug-likeness (QED) is 0.148. The van der Waals surface area contributed by atoms with Crippen molar-refractivity contribution >= 4 is 18.9 Å². The van der Waals surface area contributed by atoms with Gasteiger partial charge in [-0.1, -0.05) is 0 Å². The van der Waals surface area contributed by atoms with Crippen LogP contribution < -0.4 is 0 Å². The number of aldehydes is 3. The van der Waals surface area contributed by atoms with Gasteiger partial charge in [-0.05, 0) is 0 Å². The van der Waals surface area contributed by atoms with Crippen LogP contribution in [0.3, 0.4) is 0 Å². The highest BCUT2D eigenvalue weighted by Crippen LogP contribution is 2.15. The Bertz CT molecular complexity index is 419. The van der Waals surface area contributed by atoms with Crippen LogP contribution in [0.15, 0.2) is 0 Å². The van der Waals surface area contributed by atoms with Gasteiger partial charge in [0.15, 0.2) is 24.5 Å². The minimum absolute atomic E-state index is 0.0258. The number of carbonyl (C=O) groups is 3. The second-order valence-corrected chi connectivity index (χ2v) is 5.14. The Morgan fingerprint density at radius 2 is 1.19 bits per heavy atom. The molecule has 8 atom stereocenters. The van der Waals surface area contributed by atoms with Gasteiger partial charge >= 0.3 is 0 Å². The summed E-state index contributed by atoms with van der Waals surface area (Å²) in [5.74, 6) is 0. The minimum Gasteiger partial charge on any atom is -0.394 e. The lowest BCUT2D eigenvalue weighted by molar-refractivity contribution is -0.180. The Morgan fingerprint density at radius 1 is 0.731 bits per heavy atom. The van der Waals surface area contributed by atoms with Crippen LogP contribution >= 0.6 is 0 Å². The summed E-state index contributed by atoms with van der Waals surface area (Å²) in [7, 11) is 0. The Hall–Kier alpha value is -1.39. The van der Waals surface area contributed by atoms with Crippen LogP contribution in [-0.2, 0) is 14.4 Å². The first-order valence-corrected chi connectivity index (χ1v) is 7.05. The fraction of sp³-hybridized carbons (Fsp3) is 0.769. The standard InChI is InChI=1S/C7H12O7.C6H12O6/c8-1-4(11)6(13)7(14,3-10)5(12)2-9;7-1-3(9)5(11)6(12)4(10)2-8/h2-6,8,11-14H,1H2;1,3-6,8-12H,2H2. The monoisotopic (exact) mass is 388 g/mol. The van der Waals surface area contributed by atoms with Crippen molar-refractivity contribution < 1.29 is 65.4 Å². The van der Waals surface area contributed by atoms with Crippen molar-refractivity contribution in [1.82, 2.24) is 0 Å². The Kier molecular flexibility index (Phi) is 13.3. The molecule has 0 bridgehead atoms. The summed E-state index contributed by atoms with van der Waals surface area (Å²) < 4.78 is 0. The van der Waals surface area contributed by atoms with Crippen LogP contribution in [0.1, 0.15) is 0 Å². The molecule has 0 spiro atoms. The van der Waals surface area contributed by atoms with E-state index in [0.717, 1.165) is 0 Å². The molecule has 0 heterocycles. The molecular weight excluding hydrogens is 364 g/mol. The highest BCUT2D eigenvalue weighted by Gasteiger charge is 2.46. The zero-order valence-corrected chi connectivity index (χ0v) is 13.4. The molecule has 0 saturated carbocycles. The van der Waals surface area contributed by atoms with E-state index in [0.29, 0.717) is 0 Å². The second kappa shape index (κ2) is 12.9. The van der Waals surface area contributed by atoms with E-state index >= 15 is 0 Å². The van der Waals surface area contributed by atoms with Gasteiger partial charge in [-0.2, -0.15) is 0 Å². The fourth-order valence-electron chi connectivity index (χ4n) is 1.45. The van der Waals surface area contributed by atoms with Gasteiger partial charge in [0.1, 0.15) is 42.7 Å². The average Bonchev–Trinajstić information content (AvgIpc) is 2.68. The van der Waals surface area contributed by atoms with Gasteiger partial charge in [-0.25, -0.2) is 0 Å². The van der Waals surface area contributed by atoms with Crippen LogP contribution in [0.25, 0.3) is 0 Å². The first kappa shape index (κ1) is 26.8. The van der Waals surface area contributed by atoms with Gasteiger partial charge < -0.3 is 60.7 Å². The molecule has 13 nitrogen and oxygen atoms in total. The highest BCUT2D eigenvalue weighted by atomic mass is 16.4. The van der Waals surface area contributed by atoms with Gasteiger partial charge in [0, 0.05) is 0 Å². The summed E-state index contributed by atoms with van der Waals surface area (Å²) in [6, 6.07) is 0. The van der Waals surface area contributed by atoms with Crippen molar-refractivity contribution in [2.45, 2.75) is 48.3 Å². The number of carbonyl (C=O) groups excluding carboxylic acids is 3. The Morgan fingerprint density at radius 3 is 1.50 bits per heavy atom. The molecule has 0 rings (SSSR count). The molecule has 8 unspecified atom stereocenters. The molecule has 0 amide bonds. The van der Waals surface area contributed by atoms with Gasteiger partial charge in [0.05, 0.1) is 13.2 Å². The van der Waals surface area contributed by atoms with Crippen molar-refractivity contribution in [3.63, 3.8) is 0 Å². The largest absolute Gasteiger partial charge is 0.394 e. The Labute approximate surface area is 147 Å². The minimum atomic E-state index is -2.82. The predicted molar refractivity (Wildman–Crippen MR) is 79.4 cm³/mol. The molecule has 0 aliphatic carbocycles. The van der Waals surface area contributed by atoms with E-state index in [4.69, 9.17) is 46.0 Å². The van der Waals surface area contributed by atoms with Crippen LogP contribution in [0, 0.1) is 0 Å². The molecule has 0 aliphatic heterocycles.